The van der Waals surface area contributed by atoms with E-state index in [1.807, 2.05) is 19.9 Å². The average molecular weight is 463 g/mol. The molecule has 0 fully saturated rings. The van der Waals surface area contributed by atoms with Gasteiger partial charge in [-0.05, 0) is 74.3 Å². The van der Waals surface area contributed by atoms with Crippen molar-refractivity contribution in [3.63, 3.8) is 0 Å². The van der Waals surface area contributed by atoms with Crippen LogP contribution in [-0.4, -0.2) is 0 Å². The lowest BCUT2D eigenvalue weighted by molar-refractivity contribution is 0.907. The molecule has 0 bridgehead atoms. The van der Waals surface area contributed by atoms with E-state index in [1.54, 1.807) is 0 Å². The van der Waals surface area contributed by atoms with Gasteiger partial charge in [0.1, 0.15) is 0 Å². The summed E-state index contributed by atoms with van der Waals surface area (Å²) in [6, 6.07) is 6.76. The molecule has 2 rings (SSSR count). The standard InChI is InChI=1S/C35H42/c1-25(2)16-18-32(22-26(3)4)33-21-20-30(34(24-33)23-27(5)6)13-11-15-35(28(7)8)31-14-10-12-29(9)17-19-31/h10-12,14-22,24,29,35H,1,3,5,7,13,23H2,2,4,6,8-9H3. The van der Waals surface area contributed by atoms with E-state index < -0.39 is 0 Å². The van der Waals surface area contributed by atoms with Crippen LogP contribution in [-0.2, 0) is 12.8 Å². The molecular weight excluding hydrogens is 420 g/mol. The Labute approximate surface area is 214 Å². The normalized spacial score (nSPS) is 16.9. The van der Waals surface area contributed by atoms with Crippen LogP contribution in [0.15, 0.2) is 133 Å². The highest BCUT2D eigenvalue weighted by Crippen LogP contribution is 2.27. The van der Waals surface area contributed by atoms with E-state index in [-0.39, 0.29) is 5.92 Å². The van der Waals surface area contributed by atoms with Gasteiger partial charge in [-0.1, -0.05) is 134 Å². The molecule has 0 nitrogen and oxygen atoms in total. The molecule has 2 atom stereocenters. The van der Waals surface area contributed by atoms with Crippen LogP contribution in [0.2, 0.25) is 0 Å². The number of allylic oxidation sites excluding steroid dienone is 16. The van der Waals surface area contributed by atoms with Gasteiger partial charge in [-0.15, -0.1) is 0 Å². The first-order valence-electron chi connectivity index (χ1n) is 12.4. The Morgan fingerprint density at radius 1 is 0.943 bits per heavy atom. The number of hydrogen-bond donors (Lipinski definition) is 0. The van der Waals surface area contributed by atoms with Crippen LogP contribution in [0.5, 0.6) is 0 Å². The van der Waals surface area contributed by atoms with Crippen molar-refractivity contribution < 1.29 is 0 Å². The van der Waals surface area contributed by atoms with Gasteiger partial charge in [-0.2, -0.15) is 0 Å². The first kappa shape index (κ1) is 27.9. The van der Waals surface area contributed by atoms with E-state index in [4.69, 9.17) is 0 Å². The van der Waals surface area contributed by atoms with Crippen LogP contribution in [0.25, 0.3) is 5.57 Å². The summed E-state index contributed by atoms with van der Waals surface area (Å²) in [6.07, 6.45) is 23.7. The lowest BCUT2D eigenvalue weighted by Crippen LogP contribution is -2.01. The summed E-state index contributed by atoms with van der Waals surface area (Å²) >= 11 is 0. The molecule has 0 saturated heterocycles. The number of rotatable bonds is 11. The van der Waals surface area contributed by atoms with E-state index in [2.05, 4.69) is 120 Å². The molecule has 35 heavy (non-hydrogen) atoms. The molecule has 1 aliphatic rings. The molecule has 0 aromatic heterocycles. The van der Waals surface area contributed by atoms with Crippen LogP contribution in [0.4, 0.5) is 0 Å². The Hall–Kier alpha value is -3.38. The molecule has 1 aromatic rings. The average Bonchev–Trinajstić information content (AvgIpc) is 2.98. The van der Waals surface area contributed by atoms with E-state index >= 15 is 0 Å². The molecule has 1 aromatic carbocycles. The molecule has 0 amide bonds. The third kappa shape index (κ3) is 9.41. The van der Waals surface area contributed by atoms with Crippen molar-refractivity contribution in [2.24, 2.45) is 11.8 Å². The molecule has 0 aliphatic heterocycles. The van der Waals surface area contributed by atoms with Crippen LogP contribution in [0.1, 0.15) is 51.3 Å². The Morgan fingerprint density at radius 2 is 1.69 bits per heavy atom. The Bertz CT molecular complexity index is 1150. The van der Waals surface area contributed by atoms with E-state index in [1.165, 1.54) is 22.3 Å². The van der Waals surface area contributed by atoms with Gasteiger partial charge in [0.05, 0.1) is 0 Å². The molecule has 0 heterocycles. The second-order valence-corrected chi connectivity index (χ2v) is 9.97. The van der Waals surface area contributed by atoms with Crippen molar-refractivity contribution >= 4 is 5.57 Å². The molecular formula is C35H42. The topological polar surface area (TPSA) is 0 Å². The van der Waals surface area contributed by atoms with Gasteiger partial charge in [0, 0.05) is 5.92 Å². The SMILES string of the molecule is C=C(C)C=CC(=CC(=C)C)c1ccc(CC=CC(C(=C)C)C2=CC=CC(C)C=C2)c(CC(=C)C)c1. The van der Waals surface area contributed by atoms with Crippen molar-refractivity contribution in [2.75, 3.05) is 0 Å². The Balaban J connectivity index is 2.37. The molecule has 0 heteroatoms. The number of benzene rings is 1. The first-order chi connectivity index (χ1) is 16.6. The summed E-state index contributed by atoms with van der Waals surface area (Å²) in [7, 11) is 0. The summed E-state index contributed by atoms with van der Waals surface area (Å²) < 4.78 is 0. The summed E-state index contributed by atoms with van der Waals surface area (Å²) in [5.41, 5.74) is 10.6. The van der Waals surface area contributed by atoms with Crippen molar-refractivity contribution in [1.29, 1.82) is 0 Å². The van der Waals surface area contributed by atoms with Gasteiger partial charge in [-0.3, -0.25) is 0 Å². The minimum absolute atomic E-state index is 0.211. The highest BCUT2D eigenvalue weighted by molar-refractivity contribution is 5.77. The number of hydrogen-bond acceptors (Lipinski definition) is 0. The first-order valence-corrected chi connectivity index (χ1v) is 12.4. The monoisotopic (exact) mass is 462 g/mol. The van der Waals surface area contributed by atoms with Crippen LogP contribution in [0, 0.1) is 11.8 Å². The molecule has 1 aliphatic carbocycles. The van der Waals surface area contributed by atoms with Gasteiger partial charge in [0.25, 0.3) is 0 Å². The van der Waals surface area contributed by atoms with E-state index in [0.29, 0.717) is 5.92 Å². The fraction of sp³-hybridized carbons (Fsp3) is 0.257. The molecule has 0 saturated carbocycles. The zero-order chi connectivity index (χ0) is 26.0. The largest absolute Gasteiger partial charge is 0.0998 e. The third-order valence-electron chi connectivity index (χ3n) is 5.83. The van der Waals surface area contributed by atoms with E-state index in [9.17, 15) is 0 Å². The highest BCUT2D eigenvalue weighted by atomic mass is 14.2. The molecule has 0 spiro atoms. The van der Waals surface area contributed by atoms with Crippen molar-refractivity contribution in [1.82, 2.24) is 0 Å². The van der Waals surface area contributed by atoms with Gasteiger partial charge >= 0.3 is 0 Å². The lowest BCUT2D eigenvalue weighted by Gasteiger charge is -2.15. The van der Waals surface area contributed by atoms with Gasteiger partial charge < -0.3 is 0 Å². The Morgan fingerprint density at radius 3 is 2.31 bits per heavy atom. The summed E-state index contributed by atoms with van der Waals surface area (Å²) in [4.78, 5) is 0. The maximum Gasteiger partial charge on any atom is 0.0222 e. The zero-order valence-electron chi connectivity index (χ0n) is 22.4. The van der Waals surface area contributed by atoms with E-state index in [0.717, 1.165) is 40.7 Å². The van der Waals surface area contributed by atoms with Crippen LogP contribution >= 0.6 is 0 Å². The fourth-order valence-electron chi connectivity index (χ4n) is 4.04. The van der Waals surface area contributed by atoms with Gasteiger partial charge in [0.2, 0.25) is 0 Å². The van der Waals surface area contributed by atoms with Crippen LogP contribution < -0.4 is 0 Å². The molecule has 182 valence electrons. The predicted molar refractivity (Wildman–Crippen MR) is 158 cm³/mol. The molecule has 0 N–H and O–H groups in total. The summed E-state index contributed by atoms with van der Waals surface area (Å²) in [5, 5.41) is 0. The maximum absolute atomic E-state index is 4.26. The zero-order valence-corrected chi connectivity index (χ0v) is 22.4. The quantitative estimate of drug-likeness (QED) is 0.227. The minimum atomic E-state index is 0.211. The van der Waals surface area contributed by atoms with Crippen molar-refractivity contribution in [3.8, 4) is 0 Å². The van der Waals surface area contributed by atoms with Crippen LogP contribution in [0.3, 0.4) is 0 Å². The highest BCUT2D eigenvalue weighted by Gasteiger charge is 2.11. The summed E-state index contributed by atoms with van der Waals surface area (Å²) in [6.45, 7) is 26.9. The summed E-state index contributed by atoms with van der Waals surface area (Å²) in [5.74, 6) is 0.665. The van der Waals surface area contributed by atoms with Crippen molar-refractivity contribution in [3.05, 3.63) is 150 Å². The van der Waals surface area contributed by atoms with Gasteiger partial charge in [0.15, 0.2) is 0 Å². The Kier molecular flexibility index (Phi) is 10.7. The fourth-order valence-corrected chi connectivity index (χ4v) is 4.04. The second kappa shape index (κ2) is 13.5. The lowest BCUT2D eigenvalue weighted by atomic mass is 9.90. The smallest absolute Gasteiger partial charge is 0.0222 e. The predicted octanol–water partition coefficient (Wildman–Crippen LogP) is 9.88. The third-order valence-corrected chi connectivity index (χ3v) is 5.83. The minimum Gasteiger partial charge on any atom is -0.0998 e. The van der Waals surface area contributed by atoms with Crippen molar-refractivity contribution in [2.45, 2.75) is 47.5 Å². The maximum atomic E-state index is 4.26. The second-order valence-electron chi connectivity index (χ2n) is 9.97. The molecule has 2 unspecified atom stereocenters. The van der Waals surface area contributed by atoms with Gasteiger partial charge in [-0.25, -0.2) is 0 Å². The molecule has 0 radical (unpaired) electrons.